The number of aromatic nitrogens is 2. The van der Waals surface area contributed by atoms with Gasteiger partial charge in [-0.15, -0.1) is 0 Å². The van der Waals surface area contributed by atoms with Crippen molar-refractivity contribution in [1.82, 2.24) is 19.2 Å². The van der Waals surface area contributed by atoms with Gasteiger partial charge in [-0.2, -0.15) is 0 Å². The molecule has 2 saturated heterocycles. The maximum atomic E-state index is 12.6. The van der Waals surface area contributed by atoms with Crippen LogP contribution in [0.3, 0.4) is 0 Å². The van der Waals surface area contributed by atoms with Gasteiger partial charge < -0.3 is 4.90 Å². The predicted octanol–water partition coefficient (Wildman–Crippen LogP) is 0.754. The summed E-state index contributed by atoms with van der Waals surface area (Å²) in [6.45, 7) is 4.04. The third-order valence-corrected chi connectivity index (χ3v) is 6.72. The molecule has 1 aromatic rings. The first-order chi connectivity index (χ1) is 11.0. The first-order valence-corrected chi connectivity index (χ1v) is 9.60. The van der Waals surface area contributed by atoms with Crippen LogP contribution in [0.4, 0.5) is 0 Å². The molecule has 0 radical (unpaired) electrons. The summed E-state index contributed by atoms with van der Waals surface area (Å²) < 4.78 is 25.8. The maximum absolute atomic E-state index is 12.6. The Morgan fingerprint density at radius 3 is 2.78 bits per heavy atom. The summed E-state index contributed by atoms with van der Waals surface area (Å²) in [7, 11) is -3.16. The molecule has 2 fully saturated rings. The minimum atomic E-state index is -3.16. The number of amides is 1. The van der Waals surface area contributed by atoms with Crippen molar-refractivity contribution in [3.05, 3.63) is 24.3 Å². The summed E-state index contributed by atoms with van der Waals surface area (Å²) in [5, 5.41) is 0. The Morgan fingerprint density at radius 1 is 1.26 bits per heavy atom. The van der Waals surface area contributed by atoms with Crippen LogP contribution in [-0.4, -0.2) is 65.4 Å². The maximum Gasteiger partial charge on any atom is 0.274 e. The molecule has 7 nitrogen and oxygen atoms in total. The van der Waals surface area contributed by atoms with Crippen LogP contribution in [0, 0.1) is 5.41 Å². The Morgan fingerprint density at radius 2 is 2.09 bits per heavy atom. The molecule has 3 heterocycles. The lowest BCUT2D eigenvalue weighted by molar-refractivity contribution is 0.0537. The van der Waals surface area contributed by atoms with E-state index in [1.54, 1.807) is 22.3 Å². The number of rotatable bonds is 3. The van der Waals surface area contributed by atoms with E-state index < -0.39 is 10.0 Å². The Bertz CT molecular complexity index is 679. The van der Waals surface area contributed by atoms with Gasteiger partial charge >= 0.3 is 0 Å². The van der Waals surface area contributed by atoms with E-state index in [1.165, 1.54) is 12.4 Å². The van der Waals surface area contributed by atoms with Crippen LogP contribution in [-0.2, 0) is 10.0 Å². The number of carbonyl (C=O) groups is 1. The molecule has 0 aliphatic carbocycles. The van der Waals surface area contributed by atoms with Crippen LogP contribution in [0.15, 0.2) is 18.6 Å². The summed E-state index contributed by atoms with van der Waals surface area (Å²) in [4.78, 5) is 22.4. The zero-order chi connectivity index (χ0) is 16.5. The van der Waals surface area contributed by atoms with E-state index in [-0.39, 0.29) is 17.1 Å². The molecular weight excluding hydrogens is 316 g/mol. The summed E-state index contributed by atoms with van der Waals surface area (Å²) in [6, 6.07) is 0. The smallest absolute Gasteiger partial charge is 0.274 e. The normalized spacial score (nSPS) is 25.9. The quantitative estimate of drug-likeness (QED) is 0.812. The molecule has 2 aliphatic rings. The van der Waals surface area contributed by atoms with Gasteiger partial charge in [-0.3, -0.25) is 9.78 Å². The Labute approximate surface area is 136 Å². The average molecular weight is 338 g/mol. The van der Waals surface area contributed by atoms with Crippen molar-refractivity contribution in [1.29, 1.82) is 0 Å². The molecule has 1 aromatic heterocycles. The van der Waals surface area contributed by atoms with Gasteiger partial charge in [-0.05, 0) is 26.2 Å². The van der Waals surface area contributed by atoms with Crippen LogP contribution in [0.25, 0.3) is 0 Å². The van der Waals surface area contributed by atoms with Crippen LogP contribution in [0.1, 0.15) is 36.7 Å². The molecule has 0 saturated carbocycles. The number of hydrogen-bond acceptors (Lipinski definition) is 5. The highest BCUT2D eigenvalue weighted by atomic mass is 32.2. The van der Waals surface area contributed by atoms with E-state index in [0.29, 0.717) is 31.9 Å². The Kier molecular flexibility index (Phi) is 4.37. The molecule has 1 atom stereocenters. The first kappa shape index (κ1) is 16.3. The van der Waals surface area contributed by atoms with Gasteiger partial charge in [0.05, 0.1) is 11.9 Å². The van der Waals surface area contributed by atoms with E-state index in [9.17, 15) is 13.2 Å². The number of sulfonamides is 1. The molecule has 0 unspecified atom stereocenters. The van der Waals surface area contributed by atoms with Crippen molar-refractivity contribution >= 4 is 15.9 Å². The standard InChI is InChI=1S/C15H22N4O3S/c1-2-23(21,22)19-9-5-15(12-19)4-3-8-18(11-15)14(20)13-10-16-6-7-17-13/h6-7,10H,2-5,8-9,11-12H2,1H3/t15-/m1/s1. The lowest BCUT2D eigenvalue weighted by Gasteiger charge is -2.40. The number of nitrogens with zero attached hydrogens (tertiary/aromatic N) is 4. The monoisotopic (exact) mass is 338 g/mol. The minimum absolute atomic E-state index is 0.113. The van der Waals surface area contributed by atoms with Gasteiger partial charge in [0.15, 0.2) is 0 Å². The lowest BCUT2D eigenvalue weighted by atomic mass is 9.79. The van der Waals surface area contributed by atoms with Crippen LogP contribution in [0.5, 0.6) is 0 Å². The van der Waals surface area contributed by atoms with Crippen molar-refractivity contribution in [2.45, 2.75) is 26.2 Å². The van der Waals surface area contributed by atoms with Gasteiger partial charge in [-0.1, -0.05) is 0 Å². The Balaban J connectivity index is 1.73. The zero-order valence-electron chi connectivity index (χ0n) is 13.3. The molecule has 1 spiro atoms. The average Bonchev–Trinajstić information content (AvgIpc) is 2.99. The second-order valence-corrected chi connectivity index (χ2v) is 8.66. The third-order valence-electron chi connectivity index (χ3n) is 4.89. The van der Waals surface area contributed by atoms with Crippen molar-refractivity contribution in [3.63, 3.8) is 0 Å². The largest absolute Gasteiger partial charge is 0.337 e. The number of piperidine rings is 1. The van der Waals surface area contributed by atoms with Gasteiger partial charge in [0.2, 0.25) is 10.0 Å². The van der Waals surface area contributed by atoms with Gasteiger partial charge in [0.25, 0.3) is 5.91 Å². The SMILES string of the molecule is CCS(=O)(=O)N1CC[C@@]2(CCCN(C(=O)c3cnccn3)C2)C1. The Hall–Kier alpha value is -1.54. The lowest BCUT2D eigenvalue weighted by Crippen LogP contribution is -2.48. The van der Waals surface area contributed by atoms with Crippen molar-refractivity contribution in [2.24, 2.45) is 5.41 Å². The van der Waals surface area contributed by atoms with Crippen LogP contribution in [0.2, 0.25) is 0 Å². The molecule has 3 rings (SSSR count). The molecular formula is C15H22N4O3S. The molecule has 0 bridgehead atoms. The number of carbonyl (C=O) groups excluding carboxylic acids is 1. The molecule has 8 heteroatoms. The van der Waals surface area contributed by atoms with Crippen molar-refractivity contribution < 1.29 is 13.2 Å². The van der Waals surface area contributed by atoms with E-state index in [4.69, 9.17) is 0 Å². The van der Waals surface area contributed by atoms with E-state index >= 15 is 0 Å². The van der Waals surface area contributed by atoms with Gasteiger partial charge in [0.1, 0.15) is 5.69 Å². The van der Waals surface area contributed by atoms with Crippen LogP contribution < -0.4 is 0 Å². The molecule has 0 aromatic carbocycles. The topological polar surface area (TPSA) is 83.5 Å². The van der Waals surface area contributed by atoms with Gasteiger partial charge in [0, 0.05) is 44.0 Å². The zero-order valence-corrected chi connectivity index (χ0v) is 14.1. The first-order valence-electron chi connectivity index (χ1n) is 7.99. The molecule has 23 heavy (non-hydrogen) atoms. The second-order valence-electron chi connectivity index (χ2n) is 6.41. The fourth-order valence-corrected chi connectivity index (χ4v) is 4.81. The number of likely N-dealkylation sites (tertiary alicyclic amines) is 1. The molecule has 126 valence electrons. The van der Waals surface area contributed by atoms with Crippen molar-refractivity contribution in [3.8, 4) is 0 Å². The molecule has 1 amide bonds. The fraction of sp³-hybridized carbons (Fsp3) is 0.667. The minimum Gasteiger partial charge on any atom is -0.337 e. The molecule has 0 N–H and O–H groups in total. The summed E-state index contributed by atoms with van der Waals surface area (Å²) in [5.74, 6) is 0.0136. The highest BCUT2D eigenvalue weighted by Gasteiger charge is 2.45. The second kappa shape index (κ2) is 6.16. The van der Waals surface area contributed by atoms with E-state index in [2.05, 4.69) is 9.97 Å². The number of hydrogen-bond donors (Lipinski definition) is 0. The predicted molar refractivity (Wildman–Crippen MR) is 85.3 cm³/mol. The third kappa shape index (κ3) is 3.23. The van der Waals surface area contributed by atoms with E-state index in [0.717, 1.165) is 19.3 Å². The fourth-order valence-electron chi connectivity index (χ4n) is 3.60. The van der Waals surface area contributed by atoms with E-state index in [1.807, 2.05) is 0 Å². The van der Waals surface area contributed by atoms with Crippen LogP contribution >= 0.6 is 0 Å². The molecule has 2 aliphatic heterocycles. The summed E-state index contributed by atoms with van der Waals surface area (Å²) in [6.07, 6.45) is 7.21. The van der Waals surface area contributed by atoms with Crippen molar-refractivity contribution in [2.75, 3.05) is 31.9 Å². The summed E-state index contributed by atoms with van der Waals surface area (Å²) >= 11 is 0. The highest BCUT2D eigenvalue weighted by Crippen LogP contribution is 2.40. The van der Waals surface area contributed by atoms with Gasteiger partial charge in [-0.25, -0.2) is 17.7 Å². The summed E-state index contributed by atoms with van der Waals surface area (Å²) in [5.41, 5.74) is 0.235. The highest BCUT2D eigenvalue weighted by molar-refractivity contribution is 7.89.